The molecule has 0 radical (unpaired) electrons. The molecule has 2 heteroatoms. The molecule has 12 heavy (non-hydrogen) atoms. The third-order valence-corrected chi connectivity index (χ3v) is 2.98. The van der Waals surface area contributed by atoms with Crippen LogP contribution in [0.2, 0.25) is 0 Å². The van der Waals surface area contributed by atoms with E-state index in [0.717, 1.165) is 25.5 Å². The van der Waals surface area contributed by atoms with Gasteiger partial charge in [-0.15, -0.1) is 0 Å². The molecule has 2 unspecified atom stereocenters. The van der Waals surface area contributed by atoms with E-state index >= 15 is 0 Å². The summed E-state index contributed by atoms with van der Waals surface area (Å²) in [6.45, 7) is 0. The molecule has 1 saturated carbocycles. The molecule has 2 rings (SSSR count). The van der Waals surface area contributed by atoms with Crippen molar-refractivity contribution in [1.29, 1.82) is 0 Å². The molecule has 0 heterocycles. The van der Waals surface area contributed by atoms with E-state index in [-0.39, 0.29) is 11.7 Å². The van der Waals surface area contributed by atoms with Gasteiger partial charge in [-0.25, -0.2) is 0 Å². The zero-order chi connectivity index (χ0) is 8.55. The van der Waals surface area contributed by atoms with Crippen LogP contribution in [0.1, 0.15) is 25.7 Å². The molecule has 2 aliphatic carbocycles. The highest BCUT2D eigenvalue weighted by molar-refractivity contribution is 5.91. The van der Waals surface area contributed by atoms with Crippen LogP contribution in [0.5, 0.6) is 0 Å². The molecule has 2 nitrogen and oxygen atoms in total. The molecule has 1 fully saturated rings. The SMILES string of the molecule is O=CC1CCC2=CC(=O)CCC21. The lowest BCUT2D eigenvalue weighted by molar-refractivity contribution is -0.116. The first-order chi connectivity index (χ1) is 5.81. The smallest absolute Gasteiger partial charge is 0.155 e. The van der Waals surface area contributed by atoms with Gasteiger partial charge in [0.05, 0.1) is 0 Å². The van der Waals surface area contributed by atoms with Crippen molar-refractivity contribution in [1.82, 2.24) is 0 Å². The molecule has 0 bridgehead atoms. The van der Waals surface area contributed by atoms with Gasteiger partial charge in [-0.2, -0.15) is 0 Å². The van der Waals surface area contributed by atoms with Gasteiger partial charge in [-0.3, -0.25) is 4.79 Å². The van der Waals surface area contributed by atoms with Crippen molar-refractivity contribution in [2.75, 3.05) is 0 Å². The summed E-state index contributed by atoms with van der Waals surface area (Å²) in [5.41, 5.74) is 1.23. The standard InChI is InChI=1S/C10H12O2/c11-6-8-2-1-7-5-9(12)3-4-10(7)8/h5-6,8,10H,1-4H2. The number of ketones is 1. The predicted molar refractivity (Wildman–Crippen MR) is 44.6 cm³/mol. The Bertz CT molecular complexity index is 253. The van der Waals surface area contributed by atoms with Crippen molar-refractivity contribution in [3.05, 3.63) is 11.6 Å². The van der Waals surface area contributed by atoms with Crippen molar-refractivity contribution in [2.45, 2.75) is 25.7 Å². The summed E-state index contributed by atoms with van der Waals surface area (Å²) in [5, 5.41) is 0. The van der Waals surface area contributed by atoms with Gasteiger partial charge >= 0.3 is 0 Å². The Labute approximate surface area is 71.6 Å². The third-order valence-electron chi connectivity index (χ3n) is 2.98. The Hall–Kier alpha value is -0.920. The van der Waals surface area contributed by atoms with Crippen LogP contribution in [0.4, 0.5) is 0 Å². The van der Waals surface area contributed by atoms with Gasteiger partial charge in [-0.1, -0.05) is 5.57 Å². The summed E-state index contributed by atoms with van der Waals surface area (Å²) < 4.78 is 0. The molecule has 0 amide bonds. The largest absolute Gasteiger partial charge is 0.303 e. The molecular formula is C10H12O2. The number of carbonyl (C=O) groups is 2. The fraction of sp³-hybridized carbons (Fsp3) is 0.600. The zero-order valence-electron chi connectivity index (χ0n) is 6.95. The lowest BCUT2D eigenvalue weighted by atomic mass is 9.85. The molecule has 0 aromatic carbocycles. The molecular weight excluding hydrogens is 152 g/mol. The number of allylic oxidation sites excluding steroid dienone is 2. The van der Waals surface area contributed by atoms with Gasteiger partial charge in [0, 0.05) is 12.3 Å². The van der Waals surface area contributed by atoms with Gasteiger partial charge in [0.2, 0.25) is 0 Å². The average molecular weight is 164 g/mol. The van der Waals surface area contributed by atoms with Crippen LogP contribution < -0.4 is 0 Å². The lowest BCUT2D eigenvalue weighted by Gasteiger charge is -2.18. The quantitative estimate of drug-likeness (QED) is 0.550. The Balaban J connectivity index is 2.23. The van der Waals surface area contributed by atoms with E-state index in [1.165, 1.54) is 5.57 Å². The van der Waals surface area contributed by atoms with E-state index in [4.69, 9.17) is 0 Å². The highest BCUT2D eigenvalue weighted by atomic mass is 16.1. The highest BCUT2D eigenvalue weighted by Crippen LogP contribution is 2.40. The molecule has 64 valence electrons. The first-order valence-corrected chi connectivity index (χ1v) is 4.50. The molecule has 2 atom stereocenters. The van der Waals surface area contributed by atoms with E-state index in [9.17, 15) is 9.59 Å². The zero-order valence-corrected chi connectivity index (χ0v) is 6.95. The summed E-state index contributed by atoms with van der Waals surface area (Å²) in [6, 6.07) is 0. The number of hydrogen-bond donors (Lipinski definition) is 0. The number of aldehydes is 1. The molecule has 0 aliphatic heterocycles. The van der Waals surface area contributed by atoms with Crippen molar-refractivity contribution in [3.8, 4) is 0 Å². The minimum Gasteiger partial charge on any atom is -0.303 e. The summed E-state index contributed by atoms with van der Waals surface area (Å²) in [6.07, 6.45) is 6.26. The Morgan fingerprint density at radius 2 is 2.17 bits per heavy atom. The average Bonchev–Trinajstić information content (AvgIpc) is 2.46. The third kappa shape index (κ3) is 1.11. The maximum absolute atomic E-state index is 11.0. The van der Waals surface area contributed by atoms with Gasteiger partial charge in [0.25, 0.3) is 0 Å². The first-order valence-electron chi connectivity index (χ1n) is 4.50. The second-order valence-corrected chi connectivity index (χ2v) is 3.67. The maximum atomic E-state index is 11.0. The number of hydrogen-bond acceptors (Lipinski definition) is 2. The summed E-state index contributed by atoms with van der Waals surface area (Å²) >= 11 is 0. The van der Waals surface area contributed by atoms with Crippen molar-refractivity contribution in [3.63, 3.8) is 0 Å². The van der Waals surface area contributed by atoms with Gasteiger partial charge in [-0.05, 0) is 31.3 Å². The van der Waals surface area contributed by atoms with Crippen LogP contribution in [-0.2, 0) is 9.59 Å². The maximum Gasteiger partial charge on any atom is 0.155 e. The van der Waals surface area contributed by atoms with Crippen LogP contribution in [0.15, 0.2) is 11.6 Å². The predicted octanol–water partition coefficient (Wildman–Crippen LogP) is 1.50. The van der Waals surface area contributed by atoms with E-state index in [1.54, 1.807) is 6.08 Å². The van der Waals surface area contributed by atoms with Gasteiger partial charge < -0.3 is 4.79 Å². The highest BCUT2D eigenvalue weighted by Gasteiger charge is 2.33. The van der Waals surface area contributed by atoms with E-state index in [2.05, 4.69) is 0 Å². The van der Waals surface area contributed by atoms with Gasteiger partial charge in [0.15, 0.2) is 5.78 Å². The van der Waals surface area contributed by atoms with Gasteiger partial charge in [0.1, 0.15) is 6.29 Å². The molecule has 0 aromatic rings. The van der Waals surface area contributed by atoms with Crippen molar-refractivity contribution in [2.24, 2.45) is 11.8 Å². The van der Waals surface area contributed by atoms with E-state index in [1.807, 2.05) is 0 Å². The molecule has 0 saturated heterocycles. The summed E-state index contributed by atoms with van der Waals surface area (Å²) in [7, 11) is 0. The monoisotopic (exact) mass is 164 g/mol. The Kier molecular flexibility index (Phi) is 1.83. The number of fused-ring (bicyclic) bond motifs is 1. The van der Waals surface area contributed by atoms with Crippen LogP contribution >= 0.6 is 0 Å². The number of carbonyl (C=O) groups excluding carboxylic acids is 2. The summed E-state index contributed by atoms with van der Waals surface area (Å²) in [5.74, 6) is 0.845. The minimum absolute atomic E-state index is 0.198. The fourth-order valence-corrected chi connectivity index (χ4v) is 2.31. The Morgan fingerprint density at radius 3 is 2.92 bits per heavy atom. The van der Waals surface area contributed by atoms with Crippen LogP contribution in [0.25, 0.3) is 0 Å². The molecule has 0 N–H and O–H groups in total. The van der Waals surface area contributed by atoms with Crippen LogP contribution in [0, 0.1) is 11.8 Å². The van der Waals surface area contributed by atoms with E-state index < -0.39 is 0 Å². The fourth-order valence-electron chi connectivity index (χ4n) is 2.31. The van der Waals surface area contributed by atoms with Crippen molar-refractivity contribution >= 4 is 12.1 Å². The normalized spacial score (nSPS) is 34.3. The second-order valence-electron chi connectivity index (χ2n) is 3.67. The first kappa shape index (κ1) is 7.71. The Morgan fingerprint density at radius 1 is 1.33 bits per heavy atom. The van der Waals surface area contributed by atoms with E-state index in [0.29, 0.717) is 12.3 Å². The molecule has 0 spiro atoms. The lowest BCUT2D eigenvalue weighted by Crippen LogP contribution is -2.16. The topological polar surface area (TPSA) is 34.1 Å². The minimum atomic E-state index is 0.198. The number of rotatable bonds is 1. The van der Waals surface area contributed by atoms with Crippen molar-refractivity contribution < 1.29 is 9.59 Å². The van der Waals surface area contributed by atoms with Crippen LogP contribution in [-0.4, -0.2) is 12.1 Å². The molecule has 2 aliphatic rings. The molecule has 0 aromatic heterocycles. The second kappa shape index (κ2) is 2.85. The summed E-state index contributed by atoms with van der Waals surface area (Å²) in [4.78, 5) is 21.7. The van der Waals surface area contributed by atoms with Crippen LogP contribution in [0.3, 0.4) is 0 Å².